The van der Waals surface area contributed by atoms with E-state index in [0.29, 0.717) is 38.9 Å². The maximum Gasteiger partial charge on any atom is 0.264 e. The number of hydrogen-bond donors (Lipinski definition) is 2. The van der Waals surface area contributed by atoms with Gasteiger partial charge in [-0.05, 0) is 83.0 Å². The first kappa shape index (κ1) is 29.1. The average Bonchev–Trinajstić information content (AvgIpc) is 2.93. The SMILES string of the molecule is CCOc1cc(/C=C/C(=O)Nc2ccc(S(=O)(=O)Nc3ncccn3)cc2)cc(Br)c1OCc1ccccc1Cl. The molecule has 0 atom stereocenters. The molecule has 1 aromatic heterocycles. The van der Waals surface area contributed by atoms with Crippen molar-refractivity contribution >= 4 is 61.2 Å². The Bertz CT molecular complexity index is 1620. The summed E-state index contributed by atoms with van der Waals surface area (Å²) < 4.78 is 39.8. The molecule has 0 saturated carbocycles. The summed E-state index contributed by atoms with van der Waals surface area (Å²) in [5.41, 5.74) is 1.96. The normalized spacial score (nSPS) is 11.3. The van der Waals surface area contributed by atoms with Crippen molar-refractivity contribution in [2.45, 2.75) is 18.4 Å². The Morgan fingerprint density at radius 2 is 1.75 bits per heavy atom. The Balaban J connectivity index is 1.41. The van der Waals surface area contributed by atoms with E-state index in [1.54, 1.807) is 30.3 Å². The molecule has 3 aromatic carbocycles. The molecule has 0 fully saturated rings. The summed E-state index contributed by atoms with van der Waals surface area (Å²) >= 11 is 9.77. The lowest BCUT2D eigenvalue weighted by Crippen LogP contribution is -2.15. The van der Waals surface area contributed by atoms with Crippen molar-refractivity contribution < 1.29 is 22.7 Å². The number of carbonyl (C=O) groups is 1. The number of anilines is 2. The maximum atomic E-state index is 12.5. The Hall–Kier alpha value is -3.93. The highest BCUT2D eigenvalue weighted by Crippen LogP contribution is 2.38. The lowest BCUT2D eigenvalue weighted by atomic mass is 10.1. The second-order valence-electron chi connectivity index (χ2n) is 8.17. The van der Waals surface area contributed by atoms with Crippen LogP contribution in [-0.2, 0) is 21.4 Å². The number of nitrogens with one attached hydrogen (secondary N) is 2. The van der Waals surface area contributed by atoms with Gasteiger partial charge in [0.2, 0.25) is 11.9 Å². The first-order valence-corrected chi connectivity index (χ1v) is 14.6. The number of benzene rings is 3. The summed E-state index contributed by atoms with van der Waals surface area (Å²) in [7, 11) is -3.88. The zero-order valence-electron chi connectivity index (χ0n) is 21.2. The molecule has 4 aromatic rings. The van der Waals surface area contributed by atoms with Crippen molar-refractivity contribution in [3.63, 3.8) is 0 Å². The van der Waals surface area contributed by atoms with Gasteiger partial charge in [0.05, 0.1) is 16.0 Å². The smallest absolute Gasteiger partial charge is 0.264 e. The van der Waals surface area contributed by atoms with E-state index in [0.717, 1.165) is 5.56 Å². The lowest BCUT2D eigenvalue weighted by Gasteiger charge is -2.15. The summed E-state index contributed by atoms with van der Waals surface area (Å²) in [6.45, 7) is 2.54. The molecule has 4 rings (SSSR count). The van der Waals surface area contributed by atoms with E-state index >= 15 is 0 Å². The van der Waals surface area contributed by atoms with Crippen molar-refractivity contribution in [3.05, 3.63) is 106 Å². The number of aromatic nitrogens is 2. The van der Waals surface area contributed by atoms with E-state index in [1.807, 2.05) is 25.1 Å². The molecule has 0 bridgehead atoms. The molecule has 0 saturated heterocycles. The Morgan fingerprint density at radius 3 is 2.45 bits per heavy atom. The zero-order chi connectivity index (χ0) is 28.5. The molecule has 0 spiro atoms. The Kier molecular flexibility index (Phi) is 9.75. The highest BCUT2D eigenvalue weighted by molar-refractivity contribution is 9.10. The fraction of sp³-hybridized carbons (Fsp3) is 0.107. The minimum absolute atomic E-state index is 0.00126. The van der Waals surface area contributed by atoms with Crippen molar-refractivity contribution in [1.29, 1.82) is 0 Å². The number of sulfonamides is 1. The number of halogens is 2. The van der Waals surface area contributed by atoms with Gasteiger partial charge in [-0.15, -0.1) is 0 Å². The quantitative estimate of drug-likeness (QED) is 0.184. The van der Waals surface area contributed by atoms with Crippen LogP contribution in [0.15, 0.2) is 94.6 Å². The van der Waals surface area contributed by atoms with E-state index in [4.69, 9.17) is 21.1 Å². The summed E-state index contributed by atoms with van der Waals surface area (Å²) in [6.07, 6.45) is 5.85. The predicted molar refractivity (Wildman–Crippen MR) is 158 cm³/mol. The topological polar surface area (TPSA) is 120 Å². The molecule has 0 unspecified atom stereocenters. The van der Waals surface area contributed by atoms with E-state index < -0.39 is 15.9 Å². The van der Waals surface area contributed by atoms with Crippen LogP contribution in [0.3, 0.4) is 0 Å². The summed E-state index contributed by atoms with van der Waals surface area (Å²) in [6, 6.07) is 18.3. The van der Waals surface area contributed by atoms with Crippen LogP contribution in [-0.4, -0.2) is 30.9 Å². The molecule has 0 aliphatic heterocycles. The minimum Gasteiger partial charge on any atom is -0.490 e. The first-order valence-electron chi connectivity index (χ1n) is 12.0. The molecule has 0 aliphatic carbocycles. The Morgan fingerprint density at radius 1 is 1.02 bits per heavy atom. The van der Waals surface area contributed by atoms with Gasteiger partial charge in [0.25, 0.3) is 10.0 Å². The van der Waals surface area contributed by atoms with E-state index in [2.05, 4.69) is 35.9 Å². The fourth-order valence-electron chi connectivity index (χ4n) is 3.46. The van der Waals surface area contributed by atoms with Crippen LogP contribution in [0.1, 0.15) is 18.1 Å². The summed E-state index contributed by atoms with van der Waals surface area (Å²) in [5.74, 6) is 0.589. The van der Waals surface area contributed by atoms with Crippen molar-refractivity contribution in [1.82, 2.24) is 9.97 Å². The third kappa shape index (κ3) is 7.81. The summed E-state index contributed by atoms with van der Waals surface area (Å²) in [4.78, 5) is 20.2. The number of hydrogen-bond acceptors (Lipinski definition) is 7. The van der Waals surface area contributed by atoms with E-state index in [1.165, 1.54) is 42.7 Å². The standard InChI is InChI=1S/C28H24BrClN4O5S/c1-2-38-25-17-19(16-23(29)27(25)39-18-20-6-3-4-7-24(20)30)8-13-26(35)33-21-9-11-22(12-10-21)40(36,37)34-28-31-14-5-15-32-28/h3-17H,2,18H2,1H3,(H,33,35)(H,31,32,34)/b13-8+. The second kappa shape index (κ2) is 13.4. The largest absolute Gasteiger partial charge is 0.490 e. The number of amides is 1. The van der Waals surface area contributed by atoms with Crippen LogP contribution < -0.4 is 19.5 Å². The van der Waals surface area contributed by atoms with Crippen LogP contribution in [0.25, 0.3) is 6.08 Å². The Labute approximate surface area is 245 Å². The van der Waals surface area contributed by atoms with E-state index in [9.17, 15) is 13.2 Å². The lowest BCUT2D eigenvalue weighted by molar-refractivity contribution is -0.111. The monoisotopic (exact) mass is 642 g/mol. The van der Waals surface area contributed by atoms with Crippen LogP contribution in [0.5, 0.6) is 11.5 Å². The maximum absolute atomic E-state index is 12.5. The molecule has 1 heterocycles. The third-order valence-corrected chi connectivity index (χ3v) is 7.61. The molecule has 9 nitrogen and oxygen atoms in total. The third-order valence-electron chi connectivity index (χ3n) is 5.31. The van der Waals surface area contributed by atoms with Gasteiger partial charge in [-0.2, -0.15) is 0 Å². The van der Waals surface area contributed by atoms with Gasteiger partial charge < -0.3 is 14.8 Å². The number of ether oxygens (including phenoxy) is 2. The highest BCUT2D eigenvalue weighted by Gasteiger charge is 2.16. The minimum atomic E-state index is -3.88. The van der Waals surface area contributed by atoms with Crippen molar-refractivity contribution in [2.24, 2.45) is 0 Å². The molecule has 0 aliphatic rings. The average molecular weight is 644 g/mol. The number of carbonyl (C=O) groups excluding carboxylic acids is 1. The van der Waals surface area contributed by atoms with Crippen molar-refractivity contribution in [2.75, 3.05) is 16.6 Å². The molecule has 206 valence electrons. The second-order valence-corrected chi connectivity index (χ2v) is 11.1. The van der Waals surface area contributed by atoms with E-state index in [-0.39, 0.29) is 17.5 Å². The molecule has 12 heteroatoms. The summed E-state index contributed by atoms with van der Waals surface area (Å²) in [5, 5.41) is 3.31. The van der Waals surface area contributed by atoms with Gasteiger partial charge in [-0.25, -0.2) is 23.1 Å². The fourth-order valence-corrected chi connectivity index (χ4v) is 5.18. The van der Waals surface area contributed by atoms with Gasteiger partial charge in [-0.1, -0.05) is 29.8 Å². The van der Waals surface area contributed by atoms with Crippen molar-refractivity contribution in [3.8, 4) is 11.5 Å². The molecular formula is C28H24BrClN4O5S. The number of nitrogens with zero attached hydrogens (tertiary/aromatic N) is 2. The van der Waals surface area contributed by atoms with Crippen LogP contribution in [0.2, 0.25) is 5.02 Å². The zero-order valence-corrected chi connectivity index (χ0v) is 24.3. The first-order chi connectivity index (χ1) is 19.2. The molecule has 2 N–H and O–H groups in total. The van der Waals surface area contributed by atoms with Gasteiger partial charge >= 0.3 is 0 Å². The highest BCUT2D eigenvalue weighted by atomic mass is 79.9. The molecular weight excluding hydrogens is 620 g/mol. The molecule has 0 radical (unpaired) electrons. The van der Waals surface area contributed by atoms with Gasteiger partial charge in [-0.3, -0.25) is 4.79 Å². The van der Waals surface area contributed by atoms with Crippen LogP contribution >= 0.6 is 27.5 Å². The molecule has 40 heavy (non-hydrogen) atoms. The van der Waals surface area contributed by atoms with Gasteiger partial charge in [0.15, 0.2) is 11.5 Å². The molecule has 1 amide bonds. The number of rotatable bonds is 11. The van der Waals surface area contributed by atoms with Crippen LogP contribution in [0.4, 0.5) is 11.6 Å². The predicted octanol–water partition coefficient (Wildman–Crippen LogP) is 6.32. The van der Waals surface area contributed by atoms with Gasteiger partial charge in [0, 0.05) is 34.7 Å². The van der Waals surface area contributed by atoms with Crippen LogP contribution in [0, 0.1) is 0 Å². The van der Waals surface area contributed by atoms with Gasteiger partial charge in [0.1, 0.15) is 6.61 Å².